The van der Waals surface area contributed by atoms with Crippen LogP contribution in [0.5, 0.6) is 5.75 Å². The van der Waals surface area contributed by atoms with Crippen molar-refractivity contribution in [1.82, 2.24) is 15.5 Å². The summed E-state index contributed by atoms with van der Waals surface area (Å²) in [7, 11) is 0. The molecule has 1 aromatic rings. The lowest BCUT2D eigenvalue weighted by Gasteiger charge is -2.27. The first kappa shape index (κ1) is 25.2. The molecular formula is C24H31N3O7. The van der Waals surface area contributed by atoms with Crippen LogP contribution in [0.4, 0.5) is 4.79 Å². The van der Waals surface area contributed by atoms with Gasteiger partial charge in [0.2, 0.25) is 11.8 Å². The van der Waals surface area contributed by atoms with Crippen molar-refractivity contribution in [2.24, 2.45) is 0 Å². The number of benzene rings is 1. The zero-order valence-electron chi connectivity index (χ0n) is 19.8. The van der Waals surface area contributed by atoms with Crippen molar-refractivity contribution in [3.8, 4) is 5.75 Å². The van der Waals surface area contributed by atoms with Gasteiger partial charge in [-0.05, 0) is 52.2 Å². The molecule has 0 spiro atoms. The molecule has 2 aliphatic heterocycles. The van der Waals surface area contributed by atoms with Gasteiger partial charge in [0, 0.05) is 13.0 Å². The predicted octanol–water partition coefficient (Wildman–Crippen LogP) is 2.55. The minimum absolute atomic E-state index is 0.0699. The Hall–Kier alpha value is -3.43. The lowest BCUT2D eigenvalue weighted by atomic mass is 10.0. The van der Waals surface area contributed by atoms with Gasteiger partial charge in [-0.1, -0.05) is 18.9 Å². The highest BCUT2D eigenvalue weighted by molar-refractivity contribution is 6.24. The molecule has 1 atom stereocenters. The van der Waals surface area contributed by atoms with Gasteiger partial charge in [-0.25, -0.2) is 4.79 Å². The summed E-state index contributed by atoms with van der Waals surface area (Å²) in [6.07, 6.45) is 3.02. The first-order valence-electron chi connectivity index (χ1n) is 11.5. The number of amides is 5. The molecule has 2 N–H and O–H groups in total. The van der Waals surface area contributed by atoms with Gasteiger partial charge in [0.15, 0.2) is 0 Å². The highest BCUT2D eigenvalue weighted by Gasteiger charge is 2.45. The molecule has 5 amide bonds. The molecule has 2 aliphatic rings. The highest BCUT2D eigenvalue weighted by Crippen LogP contribution is 2.33. The van der Waals surface area contributed by atoms with Crippen LogP contribution < -0.4 is 15.4 Å². The van der Waals surface area contributed by atoms with E-state index in [1.165, 1.54) is 6.07 Å². The second-order valence-corrected chi connectivity index (χ2v) is 9.32. The predicted molar refractivity (Wildman–Crippen MR) is 121 cm³/mol. The summed E-state index contributed by atoms with van der Waals surface area (Å²) in [5.74, 6) is -1.90. The molecule has 0 aliphatic carbocycles. The molecule has 0 aromatic heterocycles. The van der Waals surface area contributed by atoms with Gasteiger partial charge < -0.3 is 14.8 Å². The van der Waals surface area contributed by atoms with Crippen LogP contribution >= 0.6 is 0 Å². The van der Waals surface area contributed by atoms with Gasteiger partial charge in [-0.3, -0.25) is 29.4 Å². The van der Waals surface area contributed by atoms with Gasteiger partial charge in [-0.2, -0.15) is 0 Å². The van der Waals surface area contributed by atoms with Crippen LogP contribution in [0.25, 0.3) is 0 Å². The van der Waals surface area contributed by atoms with Crippen molar-refractivity contribution in [3.05, 3.63) is 29.3 Å². The molecular weight excluding hydrogens is 442 g/mol. The number of hydrogen-bond acceptors (Lipinski definition) is 7. The van der Waals surface area contributed by atoms with E-state index in [-0.39, 0.29) is 24.0 Å². The Kier molecular flexibility index (Phi) is 7.90. The molecule has 34 heavy (non-hydrogen) atoms. The zero-order valence-corrected chi connectivity index (χ0v) is 19.8. The molecule has 10 nitrogen and oxygen atoms in total. The van der Waals surface area contributed by atoms with E-state index in [0.29, 0.717) is 18.9 Å². The largest absolute Gasteiger partial charge is 0.493 e. The lowest BCUT2D eigenvalue weighted by molar-refractivity contribution is -0.136. The van der Waals surface area contributed by atoms with Gasteiger partial charge in [0.25, 0.3) is 11.8 Å². The van der Waals surface area contributed by atoms with Crippen LogP contribution in [-0.4, -0.2) is 59.4 Å². The van der Waals surface area contributed by atoms with Crippen molar-refractivity contribution >= 4 is 29.7 Å². The number of imide groups is 2. The Bertz CT molecular complexity index is 983. The fraction of sp³-hybridized carbons (Fsp3) is 0.542. The quantitative estimate of drug-likeness (QED) is 0.416. The van der Waals surface area contributed by atoms with Crippen molar-refractivity contribution < 1.29 is 33.4 Å². The number of fused-ring (bicyclic) bond motifs is 1. The second-order valence-electron chi connectivity index (χ2n) is 9.32. The minimum Gasteiger partial charge on any atom is -0.493 e. The molecule has 3 rings (SSSR count). The average molecular weight is 474 g/mol. The van der Waals surface area contributed by atoms with Gasteiger partial charge in [0.05, 0.1) is 17.7 Å². The van der Waals surface area contributed by atoms with E-state index in [9.17, 15) is 24.0 Å². The first-order chi connectivity index (χ1) is 16.1. The zero-order chi connectivity index (χ0) is 24.9. The number of rotatable bonds is 9. The van der Waals surface area contributed by atoms with Crippen LogP contribution in [0.1, 0.15) is 80.0 Å². The summed E-state index contributed by atoms with van der Waals surface area (Å²) in [6.45, 7) is 6.31. The smallest absolute Gasteiger partial charge is 0.407 e. The molecule has 1 aromatic carbocycles. The number of nitrogens with zero attached hydrogens (tertiary/aromatic N) is 1. The molecule has 0 radical (unpaired) electrons. The van der Waals surface area contributed by atoms with Crippen molar-refractivity contribution in [2.75, 3.05) is 13.2 Å². The number of carbonyl (C=O) groups excluding carboxylic acids is 5. The Labute approximate surface area is 198 Å². The molecule has 1 fully saturated rings. The average Bonchev–Trinajstić information content (AvgIpc) is 3.00. The second kappa shape index (κ2) is 10.7. The van der Waals surface area contributed by atoms with Gasteiger partial charge in [-0.15, -0.1) is 0 Å². The maximum atomic E-state index is 13.0. The number of unbranched alkanes of at least 4 members (excludes halogenated alkanes) is 3. The number of ether oxygens (including phenoxy) is 2. The van der Waals surface area contributed by atoms with E-state index >= 15 is 0 Å². The summed E-state index contributed by atoms with van der Waals surface area (Å²) < 4.78 is 11.0. The fourth-order valence-corrected chi connectivity index (χ4v) is 3.87. The normalized spacial score (nSPS) is 18.0. The number of nitrogens with one attached hydrogen (secondary N) is 2. The van der Waals surface area contributed by atoms with Crippen LogP contribution in [0.2, 0.25) is 0 Å². The summed E-state index contributed by atoms with van der Waals surface area (Å²) >= 11 is 0. The first-order valence-corrected chi connectivity index (χ1v) is 11.5. The summed E-state index contributed by atoms with van der Waals surface area (Å²) in [5, 5.41) is 4.90. The molecule has 1 saturated heterocycles. The number of alkyl carbamates (subject to hydrolysis) is 1. The van der Waals surface area contributed by atoms with Crippen molar-refractivity contribution in [1.29, 1.82) is 0 Å². The van der Waals surface area contributed by atoms with E-state index < -0.39 is 41.4 Å². The van der Waals surface area contributed by atoms with E-state index in [4.69, 9.17) is 9.47 Å². The van der Waals surface area contributed by atoms with Gasteiger partial charge in [0.1, 0.15) is 17.4 Å². The van der Waals surface area contributed by atoms with Crippen LogP contribution in [0.15, 0.2) is 18.2 Å². The Morgan fingerprint density at radius 2 is 1.82 bits per heavy atom. The Balaban J connectivity index is 1.46. The van der Waals surface area contributed by atoms with Crippen molar-refractivity contribution in [3.63, 3.8) is 0 Å². The van der Waals surface area contributed by atoms with Gasteiger partial charge >= 0.3 is 6.09 Å². The number of hydrogen-bond donors (Lipinski definition) is 2. The Morgan fingerprint density at radius 1 is 1.09 bits per heavy atom. The third kappa shape index (κ3) is 6.12. The summed E-state index contributed by atoms with van der Waals surface area (Å²) in [5.41, 5.74) is -0.177. The lowest BCUT2D eigenvalue weighted by Crippen LogP contribution is -2.54. The monoisotopic (exact) mass is 473 g/mol. The van der Waals surface area contributed by atoms with Crippen LogP contribution in [0, 0.1) is 0 Å². The fourth-order valence-electron chi connectivity index (χ4n) is 3.87. The third-order valence-electron chi connectivity index (χ3n) is 5.43. The molecule has 2 heterocycles. The Morgan fingerprint density at radius 3 is 2.53 bits per heavy atom. The van der Waals surface area contributed by atoms with Crippen LogP contribution in [-0.2, 0) is 14.3 Å². The molecule has 184 valence electrons. The molecule has 10 heteroatoms. The number of carbonyl (C=O) groups is 5. The maximum absolute atomic E-state index is 13.0. The number of piperidine rings is 1. The van der Waals surface area contributed by atoms with E-state index in [0.717, 1.165) is 30.6 Å². The van der Waals surface area contributed by atoms with E-state index in [2.05, 4.69) is 10.6 Å². The summed E-state index contributed by atoms with van der Waals surface area (Å²) in [6, 6.07) is 3.79. The molecule has 0 bridgehead atoms. The van der Waals surface area contributed by atoms with E-state index in [1.54, 1.807) is 12.1 Å². The summed E-state index contributed by atoms with van der Waals surface area (Å²) in [4.78, 5) is 62.0. The third-order valence-corrected chi connectivity index (χ3v) is 5.43. The topological polar surface area (TPSA) is 131 Å². The van der Waals surface area contributed by atoms with Crippen molar-refractivity contribution in [2.45, 2.75) is 70.9 Å². The maximum Gasteiger partial charge on any atom is 0.407 e. The van der Waals surface area contributed by atoms with E-state index in [1.807, 2.05) is 20.8 Å². The minimum atomic E-state index is -1.01. The SMILES string of the molecule is CC(C)(C)OC(=O)NCCCCCCOc1cccc2c1C(=O)N(C1CCC(=O)NC1=O)C2=O. The van der Waals surface area contributed by atoms with Crippen LogP contribution in [0.3, 0.4) is 0 Å². The highest BCUT2D eigenvalue weighted by atomic mass is 16.6. The molecule has 1 unspecified atom stereocenters. The standard InChI is InChI=1S/C24H31N3O7/c1-24(2,3)34-23(32)25-13-6-4-5-7-14-33-17-10-8-9-15-19(17)22(31)27(21(15)30)16-11-12-18(28)26-20(16)29/h8-10,16H,4-7,11-14H2,1-3H3,(H,25,32)(H,26,28,29). The molecule has 0 saturated carbocycles.